The molecule has 0 unspecified atom stereocenters. The van der Waals surface area contributed by atoms with Gasteiger partial charge < -0.3 is 4.90 Å². The molecule has 1 aliphatic heterocycles. The van der Waals surface area contributed by atoms with Crippen LogP contribution in [0.1, 0.15) is 12.1 Å². The maximum atomic E-state index is 12.1. The molecule has 17 heavy (non-hydrogen) atoms. The van der Waals surface area contributed by atoms with E-state index in [1.54, 1.807) is 11.1 Å². The lowest BCUT2D eigenvalue weighted by Crippen LogP contribution is -2.37. The van der Waals surface area contributed by atoms with Crippen LogP contribution in [0, 0.1) is 0 Å². The summed E-state index contributed by atoms with van der Waals surface area (Å²) in [5, 5.41) is 17.6. The third-order valence-corrected chi connectivity index (χ3v) is 2.78. The lowest BCUT2D eigenvalue weighted by Gasteiger charge is -2.26. The van der Waals surface area contributed by atoms with Gasteiger partial charge in [0.2, 0.25) is 5.91 Å². The third-order valence-electron chi connectivity index (χ3n) is 2.78. The zero-order chi connectivity index (χ0) is 11.7. The van der Waals surface area contributed by atoms with Gasteiger partial charge >= 0.3 is 0 Å². The monoisotopic (exact) mass is 233 g/mol. The molecule has 88 valence electrons. The van der Waals surface area contributed by atoms with Crippen molar-refractivity contribution in [3.63, 3.8) is 0 Å². The van der Waals surface area contributed by atoms with Crippen LogP contribution in [0.2, 0.25) is 0 Å². The summed E-state index contributed by atoms with van der Waals surface area (Å²) in [4.78, 5) is 13.8. The summed E-state index contributed by atoms with van der Waals surface area (Å²) in [7, 11) is 0. The van der Waals surface area contributed by atoms with Crippen molar-refractivity contribution >= 4 is 11.6 Å². The van der Waals surface area contributed by atoms with Crippen LogP contribution in [0.3, 0.4) is 0 Å². The topological polar surface area (TPSA) is 92.6 Å². The van der Waals surface area contributed by atoms with E-state index in [1.807, 2.05) is 0 Å². The zero-order valence-electron chi connectivity index (χ0n) is 9.07. The predicted molar refractivity (Wildman–Crippen MR) is 57.1 cm³/mol. The van der Waals surface area contributed by atoms with Crippen LogP contribution in [0.4, 0.5) is 5.69 Å². The number of carbonyl (C=O) groups is 1. The molecule has 0 radical (unpaired) electrons. The number of H-pyrrole nitrogens is 1. The number of hydrogen-bond donors (Lipinski definition) is 1. The van der Waals surface area contributed by atoms with Crippen molar-refractivity contribution in [2.45, 2.75) is 19.4 Å². The highest BCUT2D eigenvalue weighted by Crippen LogP contribution is 2.24. The molecule has 8 heteroatoms. The summed E-state index contributed by atoms with van der Waals surface area (Å²) in [6.07, 6.45) is 4.99. The van der Waals surface area contributed by atoms with E-state index in [1.165, 1.54) is 11.0 Å². The summed E-state index contributed by atoms with van der Waals surface area (Å²) < 4.78 is 1.41. The lowest BCUT2D eigenvalue weighted by atomic mass is 10.1. The number of anilines is 1. The average Bonchev–Trinajstić information content (AvgIpc) is 2.97. The first-order valence-electron chi connectivity index (χ1n) is 5.38. The quantitative estimate of drug-likeness (QED) is 0.746. The van der Waals surface area contributed by atoms with Gasteiger partial charge in [-0.3, -0.25) is 9.89 Å². The number of hydrogen-bond acceptors (Lipinski definition) is 5. The normalized spacial score (nSPS) is 14.7. The van der Waals surface area contributed by atoms with E-state index in [0.29, 0.717) is 6.54 Å². The van der Waals surface area contributed by atoms with Crippen molar-refractivity contribution in [1.82, 2.24) is 30.4 Å². The van der Waals surface area contributed by atoms with Crippen molar-refractivity contribution in [2.75, 3.05) is 11.4 Å². The minimum absolute atomic E-state index is 0.0281. The van der Waals surface area contributed by atoms with Crippen molar-refractivity contribution in [2.24, 2.45) is 0 Å². The molecule has 0 spiro atoms. The second-order valence-corrected chi connectivity index (χ2v) is 3.89. The van der Waals surface area contributed by atoms with Gasteiger partial charge in [0.1, 0.15) is 12.9 Å². The van der Waals surface area contributed by atoms with E-state index < -0.39 is 0 Å². The molecule has 0 atom stereocenters. The average molecular weight is 233 g/mol. The smallest absolute Gasteiger partial charge is 0.248 e. The van der Waals surface area contributed by atoms with E-state index in [9.17, 15) is 4.79 Å². The molecular weight excluding hydrogens is 222 g/mol. The number of amides is 1. The van der Waals surface area contributed by atoms with Crippen LogP contribution in [-0.4, -0.2) is 42.9 Å². The fraction of sp³-hybridized carbons (Fsp3) is 0.444. The van der Waals surface area contributed by atoms with Crippen LogP contribution in [-0.2, 0) is 17.8 Å². The number of nitrogens with zero attached hydrogens (tertiary/aromatic N) is 6. The molecule has 3 rings (SSSR count). The molecule has 0 saturated carbocycles. The van der Waals surface area contributed by atoms with Crippen molar-refractivity contribution in [1.29, 1.82) is 0 Å². The molecule has 8 nitrogen and oxygen atoms in total. The highest BCUT2D eigenvalue weighted by atomic mass is 16.2. The van der Waals surface area contributed by atoms with Gasteiger partial charge in [0.05, 0.1) is 17.6 Å². The Morgan fingerprint density at radius 1 is 1.53 bits per heavy atom. The van der Waals surface area contributed by atoms with Crippen LogP contribution in [0.5, 0.6) is 0 Å². The third kappa shape index (κ3) is 1.77. The van der Waals surface area contributed by atoms with Gasteiger partial charge in [-0.05, 0) is 23.3 Å². The Hall–Kier alpha value is -2.25. The van der Waals surface area contributed by atoms with E-state index in [2.05, 4.69) is 25.7 Å². The van der Waals surface area contributed by atoms with Crippen molar-refractivity contribution in [3.05, 3.63) is 18.2 Å². The fourth-order valence-electron chi connectivity index (χ4n) is 1.99. The summed E-state index contributed by atoms with van der Waals surface area (Å²) in [6.45, 7) is 0.866. The van der Waals surface area contributed by atoms with E-state index >= 15 is 0 Å². The van der Waals surface area contributed by atoms with Gasteiger partial charge in [0.15, 0.2) is 0 Å². The first-order valence-corrected chi connectivity index (χ1v) is 5.38. The number of tetrazole rings is 1. The first-order chi connectivity index (χ1) is 8.34. The van der Waals surface area contributed by atoms with Gasteiger partial charge in [0.25, 0.3) is 0 Å². The molecule has 1 aliphatic rings. The maximum Gasteiger partial charge on any atom is 0.248 e. The van der Waals surface area contributed by atoms with Crippen LogP contribution in [0.15, 0.2) is 12.5 Å². The van der Waals surface area contributed by atoms with Gasteiger partial charge in [-0.15, -0.1) is 5.10 Å². The van der Waals surface area contributed by atoms with Crippen molar-refractivity contribution < 1.29 is 4.79 Å². The second-order valence-electron chi connectivity index (χ2n) is 3.89. The summed E-state index contributed by atoms with van der Waals surface area (Å²) in [6, 6.07) is 0. The number of aromatic amines is 1. The van der Waals surface area contributed by atoms with Crippen molar-refractivity contribution in [3.8, 4) is 0 Å². The van der Waals surface area contributed by atoms with Gasteiger partial charge in [-0.1, -0.05) is 0 Å². The number of carbonyl (C=O) groups excluding carboxylic acids is 1. The summed E-state index contributed by atoms with van der Waals surface area (Å²) in [5.41, 5.74) is 1.88. The van der Waals surface area contributed by atoms with Crippen LogP contribution >= 0.6 is 0 Å². The minimum Gasteiger partial charge on any atom is -0.308 e. The van der Waals surface area contributed by atoms with E-state index in [-0.39, 0.29) is 12.5 Å². The Morgan fingerprint density at radius 3 is 3.29 bits per heavy atom. The molecule has 0 fully saturated rings. The summed E-state index contributed by atoms with van der Waals surface area (Å²) in [5.74, 6) is -0.0281. The fourth-order valence-corrected chi connectivity index (χ4v) is 1.99. The second kappa shape index (κ2) is 3.96. The minimum atomic E-state index is -0.0281. The first kappa shape index (κ1) is 9.94. The molecule has 1 N–H and O–H groups in total. The zero-order valence-corrected chi connectivity index (χ0v) is 9.07. The van der Waals surface area contributed by atoms with E-state index in [0.717, 1.165) is 24.2 Å². The highest BCUT2D eigenvalue weighted by Gasteiger charge is 2.24. The molecule has 2 aromatic heterocycles. The molecule has 0 aromatic carbocycles. The Morgan fingerprint density at radius 2 is 2.47 bits per heavy atom. The number of aromatic nitrogens is 6. The Bertz CT molecular complexity index is 517. The van der Waals surface area contributed by atoms with E-state index in [4.69, 9.17) is 0 Å². The number of fused-ring (bicyclic) bond motifs is 1. The lowest BCUT2D eigenvalue weighted by molar-refractivity contribution is -0.119. The Labute approximate surface area is 96.6 Å². The number of aryl methyl sites for hydroxylation is 1. The Balaban J connectivity index is 1.80. The molecule has 2 aromatic rings. The molecule has 0 bridgehead atoms. The highest BCUT2D eigenvalue weighted by molar-refractivity contribution is 5.93. The standard InChI is InChI=1S/C9H11N7O/c17-9(5-15-6-11-13-14-15)16-3-1-2-7-8(16)4-10-12-7/h4,6H,1-3,5H2,(H,10,12). The molecule has 0 saturated heterocycles. The van der Waals surface area contributed by atoms with Crippen LogP contribution in [0.25, 0.3) is 0 Å². The maximum absolute atomic E-state index is 12.1. The molecule has 1 amide bonds. The SMILES string of the molecule is O=C(Cn1cnnn1)N1CCCc2[nH]ncc21. The molecular formula is C9H11N7O. The van der Waals surface area contributed by atoms with Crippen LogP contribution < -0.4 is 4.90 Å². The largest absolute Gasteiger partial charge is 0.308 e. The van der Waals surface area contributed by atoms with Gasteiger partial charge in [-0.2, -0.15) is 5.10 Å². The number of rotatable bonds is 2. The summed E-state index contributed by atoms with van der Waals surface area (Å²) >= 11 is 0. The van der Waals surface area contributed by atoms with Gasteiger partial charge in [-0.25, -0.2) is 4.68 Å². The number of nitrogens with one attached hydrogen (secondary N) is 1. The predicted octanol–water partition coefficient (Wildman–Crippen LogP) is -0.624. The molecule has 3 heterocycles. The Kier molecular flexibility index (Phi) is 2.32. The molecule has 0 aliphatic carbocycles. The van der Waals surface area contributed by atoms with Gasteiger partial charge in [0, 0.05) is 6.54 Å².